The molecule has 0 fully saturated rings. The summed E-state index contributed by atoms with van der Waals surface area (Å²) in [5.41, 5.74) is 6.26. The Hall–Kier alpha value is -3.18. The zero-order valence-corrected chi connectivity index (χ0v) is 19.2. The van der Waals surface area contributed by atoms with Crippen molar-refractivity contribution in [3.8, 4) is 5.75 Å². The predicted octanol–water partition coefficient (Wildman–Crippen LogP) is -0.752. The molecule has 0 aliphatic heterocycles. The van der Waals surface area contributed by atoms with Crippen molar-refractivity contribution in [3.63, 3.8) is 0 Å². The quantitative estimate of drug-likeness (QED) is 0.209. The molecule has 0 heterocycles. The number of benzene rings is 1. The Morgan fingerprint density at radius 1 is 0.879 bits per heavy atom. The lowest BCUT2D eigenvalue weighted by Crippen LogP contribution is -2.58. The van der Waals surface area contributed by atoms with E-state index in [0.717, 1.165) is 0 Å². The molecule has 0 saturated heterocycles. The number of phenolic OH excluding ortho intramolecular Hbond substituents is 1. The molecule has 1 rings (SSSR count). The van der Waals surface area contributed by atoms with Crippen LogP contribution in [0.15, 0.2) is 24.3 Å². The number of aliphatic hydroxyl groups is 1. The second-order valence-corrected chi connectivity index (χ2v) is 8.46. The van der Waals surface area contributed by atoms with Gasteiger partial charge in [0.15, 0.2) is 0 Å². The molecule has 5 unspecified atom stereocenters. The average Bonchev–Trinajstić information content (AvgIpc) is 2.72. The van der Waals surface area contributed by atoms with Crippen molar-refractivity contribution in [1.29, 1.82) is 0 Å². The van der Waals surface area contributed by atoms with E-state index in [0.29, 0.717) is 5.56 Å². The molecule has 1 aromatic carbocycles. The Balaban J connectivity index is 3.09. The highest BCUT2D eigenvalue weighted by atomic mass is 16.4. The van der Waals surface area contributed by atoms with Crippen LogP contribution in [0.2, 0.25) is 0 Å². The predicted molar refractivity (Wildman–Crippen MR) is 120 cm³/mol. The second kappa shape index (κ2) is 12.8. The van der Waals surface area contributed by atoms with E-state index in [9.17, 15) is 29.4 Å². The number of aliphatic hydroxyl groups excluding tert-OH is 1. The molecule has 33 heavy (non-hydrogen) atoms. The van der Waals surface area contributed by atoms with Gasteiger partial charge in [0.2, 0.25) is 17.7 Å². The topological polar surface area (TPSA) is 191 Å². The second-order valence-electron chi connectivity index (χ2n) is 8.46. The van der Waals surface area contributed by atoms with Crippen molar-refractivity contribution in [2.75, 3.05) is 0 Å². The fraction of sp³-hybridized carbons (Fsp3) is 0.545. The summed E-state index contributed by atoms with van der Waals surface area (Å²) in [6.45, 7) is 6.33. The molecule has 11 nitrogen and oxygen atoms in total. The van der Waals surface area contributed by atoms with Gasteiger partial charge in [0.05, 0.1) is 6.10 Å². The van der Waals surface area contributed by atoms with Crippen molar-refractivity contribution >= 4 is 23.7 Å². The number of rotatable bonds is 12. The van der Waals surface area contributed by atoms with Crippen LogP contribution in [0.25, 0.3) is 0 Å². The zero-order chi connectivity index (χ0) is 25.3. The summed E-state index contributed by atoms with van der Waals surface area (Å²) in [6.07, 6.45) is -0.874. The summed E-state index contributed by atoms with van der Waals surface area (Å²) in [5.74, 6) is -3.31. The minimum atomic E-state index is -1.24. The lowest BCUT2D eigenvalue weighted by molar-refractivity contribution is -0.141. The number of aliphatic carboxylic acids is 1. The van der Waals surface area contributed by atoms with Gasteiger partial charge in [-0.2, -0.15) is 0 Å². The number of hydrogen-bond acceptors (Lipinski definition) is 7. The van der Waals surface area contributed by atoms with E-state index in [1.807, 2.05) is 13.8 Å². The van der Waals surface area contributed by atoms with E-state index >= 15 is 0 Å². The van der Waals surface area contributed by atoms with Gasteiger partial charge in [0.25, 0.3) is 0 Å². The van der Waals surface area contributed by atoms with E-state index in [2.05, 4.69) is 16.0 Å². The van der Waals surface area contributed by atoms with Gasteiger partial charge in [-0.05, 0) is 43.9 Å². The molecule has 0 radical (unpaired) electrons. The summed E-state index contributed by atoms with van der Waals surface area (Å²) in [7, 11) is 0. The standard InChI is InChI=1S/C22H34N4O7/c1-11(2)9-16(26-21(31)18(23)13(4)27)20(30)25-17(19(29)24-12(3)22(32)33)10-14-5-7-15(28)8-6-14/h5-8,11-13,16-18,27-28H,9-10,23H2,1-4H3,(H,24,29)(H,25,30)(H,26,31)(H,32,33). The Morgan fingerprint density at radius 2 is 1.39 bits per heavy atom. The first-order chi connectivity index (χ1) is 15.3. The van der Waals surface area contributed by atoms with Gasteiger partial charge in [-0.15, -0.1) is 0 Å². The van der Waals surface area contributed by atoms with Gasteiger partial charge in [0, 0.05) is 6.42 Å². The molecule has 0 aromatic heterocycles. The van der Waals surface area contributed by atoms with Crippen LogP contribution in [0, 0.1) is 5.92 Å². The normalized spacial score (nSPS) is 15.6. The molecule has 3 amide bonds. The minimum absolute atomic E-state index is 0.000215. The Morgan fingerprint density at radius 3 is 1.88 bits per heavy atom. The van der Waals surface area contributed by atoms with Crippen LogP contribution in [-0.2, 0) is 25.6 Å². The highest BCUT2D eigenvalue weighted by Gasteiger charge is 2.30. The van der Waals surface area contributed by atoms with Gasteiger partial charge in [0.1, 0.15) is 29.9 Å². The number of hydrogen-bond donors (Lipinski definition) is 7. The molecule has 184 valence electrons. The van der Waals surface area contributed by atoms with E-state index in [1.165, 1.54) is 26.0 Å². The van der Waals surface area contributed by atoms with Crippen molar-refractivity contribution < 1.29 is 34.5 Å². The third-order valence-corrected chi connectivity index (χ3v) is 4.90. The van der Waals surface area contributed by atoms with E-state index in [-0.39, 0.29) is 24.5 Å². The number of nitrogens with two attached hydrogens (primary N) is 1. The molecule has 0 bridgehead atoms. The number of nitrogens with one attached hydrogen (secondary N) is 3. The third kappa shape index (κ3) is 9.46. The van der Waals surface area contributed by atoms with E-state index < -0.39 is 54.0 Å². The number of carboxylic acids is 1. The number of aromatic hydroxyl groups is 1. The fourth-order valence-electron chi connectivity index (χ4n) is 2.91. The molecular formula is C22H34N4O7. The Bertz CT molecular complexity index is 827. The molecular weight excluding hydrogens is 432 g/mol. The average molecular weight is 467 g/mol. The van der Waals surface area contributed by atoms with Crippen LogP contribution < -0.4 is 21.7 Å². The number of carbonyl (C=O) groups is 4. The lowest BCUT2D eigenvalue weighted by atomic mass is 10.00. The number of carboxylic acid groups (broad SMARTS) is 1. The fourth-order valence-corrected chi connectivity index (χ4v) is 2.91. The molecule has 0 aliphatic carbocycles. The smallest absolute Gasteiger partial charge is 0.325 e. The van der Waals surface area contributed by atoms with Crippen LogP contribution in [-0.4, -0.2) is 69.3 Å². The maximum atomic E-state index is 13.0. The van der Waals surface area contributed by atoms with Gasteiger partial charge >= 0.3 is 5.97 Å². The molecule has 0 aliphatic rings. The van der Waals surface area contributed by atoms with Crippen LogP contribution in [0.1, 0.15) is 39.7 Å². The van der Waals surface area contributed by atoms with E-state index in [1.54, 1.807) is 12.1 Å². The van der Waals surface area contributed by atoms with Gasteiger partial charge in [-0.25, -0.2) is 0 Å². The monoisotopic (exact) mass is 466 g/mol. The van der Waals surface area contributed by atoms with Gasteiger partial charge < -0.3 is 37.0 Å². The molecule has 5 atom stereocenters. The number of phenols is 1. The van der Waals surface area contributed by atoms with Crippen LogP contribution in [0.3, 0.4) is 0 Å². The maximum absolute atomic E-state index is 13.0. The van der Waals surface area contributed by atoms with Gasteiger partial charge in [-0.1, -0.05) is 26.0 Å². The minimum Gasteiger partial charge on any atom is -0.508 e. The SMILES string of the molecule is CC(C)CC(NC(=O)C(N)C(C)O)C(=O)NC(Cc1ccc(O)cc1)C(=O)NC(C)C(=O)O. The summed E-state index contributed by atoms with van der Waals surface area (Å²) in [5, 5.41) is 35.5. The third-order valence-electron chi connectivity index (χ3n) is 4.90. The highest BCUT2D eigenvalue weighted by Crippen LogP contribution is 2.12. The molecule has 0 spiro atoms. The van der Waals surface area contributed by atoms with Crippen molar-refractivity contribution in [3.05, 3.63) is 29.8 Å². The summed E-state index contributed by atoms with van der Waals surface area (Å²) < 4.78 is 0. The molecule has 1 aromatic rings. The lowest BCUT2D eigenvalue weighted by Gasteiger charge is -2.26. The van der Waals surface area contributed by atoms with Crippen LogP contribution >= 0.6 is 0 Å². The van der Waals surface area contributed by atoms with Crippen molar-refractivity contribution in [2.45, 2.75) is 70.8 Å². The first kappa shape index (κ1) is 27.9. The Kier molecular flexibility index (Phi) is 10.8. The summed E-state index contributed by atoms with van der Waals surface area (Å²) in [4.78, 5) is 49.2. The van der Waals surface area contributed by atoms with Crippen LogP contribution in [0.5, 0.6) is 5.75 Å². The zero-order valence-electron chi connectivity index (χ0n) is 19.2. The van der Waals surface area contributed by atoms with Crippen LogP contribution in [0.4, 0.5) is 0 Å². The van der Waals surface area contributed by atoms with E-state index in [4.69, 9.17) is 10.8 Å². The van der Waals surface area contributed by atoms with Crippen molar-refractivity contribution in [1.82, 2.24) is 16.0 Å². The molecule has 8 N–H and O–H groups in total. The Labute approximate surface area is 192 Å². The molecule has 11 heteroatoms. The summed E-state index contributed by atoms with van der Waals surface area (Å²) >= 11 is 0. The first-order valence-electron chi connectivity index (χ1n) is 10.7. The number of carbonyl (C=O) groups excluding carboxylic acids is 3. The largest absolute Gasteiger partial charge is 0.508 e. The van der Waals surface area contributed by atoms with Crippen molar-refractivity contribution in [2.24, 2.45) is 11.7 Å². The molecule has 0 saturated carbocycles. The number of amides is 3. The first-order valence-corrected chi connectivity index (χ1v) is 10.7. The summed E-state index contributed by atoms with van der Waals surface area (Å²) in [6, 6.07) is 1.37. The maximum Gasteiger partial charge on any atom is 0.325 e. The van der Waals surface area contributed by atoms with Gasteiger partial charge in [-0.3, -0.25) is 19.2 Å². The highest BCUT2D eigenvalue weighted by molar-refractivity contribution is 5.94.